The number of carbonyl (C=O) groups is 2. The maximum atomic E-state index is 13.3. The second kappa shape index (κ2) is 10.2. The van der Waals surface area contributed by atoms with Crippen molar-refractivity contribution < 1.29 is 22.7 Å². The predicted octanol–water partition coefficient (Wildman–Crippen LogP) is 4.53. The molecule has 1 heterocycles. The molecule has 0 atom stereocenters. The van der Waals surface area contributed by atoms with E-state index in [9.17, 15) is 18.0 Å². The van der Waals surface area contributed by atoms with Crippen molar-refractivity contribution in [2.24, 2.45) is 0 Å². The minimum Gasteiger partial charge on any atom is -0.495 e. The fourth-order valence-corrected chi connectivity index (χ4v) is 5.59. The molecule has 4 aromatic rings. The Labute approximate surface area is 209 Å². The lowest BCUT2D eigenvalue weighted by atomic mass is 10.2. The van der Waals surface area contributed by atoms with E-state index >= 15 is 0 Å². The van der Waals surface area contributed by atoms with Crippen molar-refractivity contribution in [3.8, 4) is 5.75 Å². The van der Waals surface area contributed by atoms with Crippen molar-refractivity contribution in [2.75, 3.05) is 17.7 Å². The summed E-state index contributed by atoms with van der Waals surface area (Å²) in [4.78, 5) is 24.6. The molecule has 0 aliphatic heterocycles. The first-order chi connectivity index (χ1) is 17.2. The van der Waals surface area contributed by atoms with Gasteiger partial charge in [0.15, 0.2) is 9.84 Å². The number of benzene rings is 3. The Morgan fingerprint density at radius 3 is 2.39 bits per heavy atom. The maximum Gasteiger partial charge on any atom is 0.244 e. The highest BCUT2D eigenvalue weighted by atomic mass is 32.2. The molecule has 2 N–H and O–H groups in total. The molecule has 0 spiro atoms. The largest absolute Gasteiger partial charge is 0.495 e. The van der Waals surface area contributed by atoms with Crippen LogP contribution in [0.25, 0.3) is 10.9 Å². The quantitative estimate of drug-likeness (QED) is 0.366. The normalized spacial score (nSPS) is 11.3. The maximum absolute atomic E-state index is 13.3. The number of carbonyl (C=O) groups excluding carboxylic acids is 2. The molecule has 186 valence electrons. The third-order valence-electron chi connectivity index (χ3n) is 5.67. The third kappa shape index (κ3) is 5.58. The van der Waals surface area contributed by atoms with Gasteiger partial charge in [0.1, 0.15) is 12.3 Å². The third-order valence-corrected chi connectivity index (χ3v) is 7.38. The summed E-state index contributed by atoms with van der Waals surface area (Å²) in [7, 11) is -2.19. The number of para-hydroxylation sites is 1. The molecule has 0 radical (unpaired) electrons. The van der Waals surface area contributed by atoms with E-state index in [1.54, 1.807) is 47.0 Å². The summed E-state index contributed by atoms with van der Waals surface area (Å²) in [5.41, 5.74) is 3.28. The number of rotatable bonds is 8. The van der Waals surface area contributed by atoms with Crippen molar-refractivity contribution in [2.45, 2.75) is 31.0 Å². The molecule has 9 heteroatoms. The van der Waals surface area contributed by atoms with Crippen LogP contribution in [0.5, 0.6) is 5.75 Å². The van der Waals surface area contributed by atoms with E-state index in [1.165, 1.54) is 20.2 Å². The molecule has 0 saturated heterocycles. The SMILES string of the molecule is COc1ccc(NC(C)=O)cc1NC(=O)Cn1cc(S(=O)(=O)Cc2ccc(C)cc2)c2ccccc21. The fraction of sp³-hybridized carbons (Fsp3) is 0.185. The fourth-order valence-electron chi connectivity index (χ4n) is 4.00. The molecule has 0 unspecified atom stereocenters. The monoisotopic (exact) mass is 505 g/mol. The van der Waals surface area contributed by atoms with Gasteiger partial charge in [0.25, 0.3) is 0 Å². The number of nitrogens with zero attached hydrogens (tertiary/aromatic N) is 1. The lowest BCUT2D eigenvalue weighted by Gasteiger charge is -2.13. The van der Waals surface area contributed by atoms with Crippen molar-refractivity contribution in [3.63, 3.8) is 0 Å². The van der Waals surface area contributed by atoms with E-state index in [1.807, 2.05) is 31.2 Å². The zero-order valence-electron chi connectivity index (χ0n) is 20.2. The van der Waals surface area contributed by atoms with Crippen LogP contribution in [0, 0.1) is 6.92 Å². The summed E-state index contributed by atoms with van der Waals surface area (Å²) in [6.45, 7) is 3.22. The average molecular weight is 506 g/mol. The number of aryl methyl sites for hydroxylation is 1. The summed E-state index contributed by atoms with van der Waals surface area (Å²) in [5, 5.41) is 6.02. The number of methoxy groups -OCH3 is 1. The van der Waals surface area contributed by atoms with Crippen molar-refractivity contribution in [1.82, 2.24) is 4.57 Å². The van der Waals surface area contributed by atoms with E-state index in [-0.39, 0.29) is 29.0 Å². The number of sulfone groups is 1. The van der Waals surface area contributed by atoms with Crippen LogP contribution in [0.4, 0.5) is 11.4 Å². The van der Waals surface area contributed by atoms with Crippen molar-refractivity contribution in [3.05, 3.63) is 84.1 Å². The second-order valence-corrected chi connectivity index (χ2v) is 10.5. The Hall–Kier alpha value is -4.11. The molecule has 0 saturated carbocycles. The Balaban J connectivity index is 1.62. The molecule has 0 aliphatic carbocycles. The zero-order valence-corrected chi connectivity index (χ0v) is 21.1. The van der Waals surface area contributed by atoms with Gasteiger partial charge in [0, 0.05) is 29.7 Å². The van der Waals surface area contributed by atoms with E-state index in [2.05, 4.69) is 10.6 Å². The molecule has 36 heavy (non-hydrogen) atoms. The summed E-state index contributed by atoms with van der Waals surface area (Å²) in [6.07, 6.45) is 1.51. The molecule has 1 aromatic heterocycles. The van der Waals surface area contributed by atoms with E-state index in [4.69, 9.17) is 4.74 Å². The predicted molar refractivity (Wildman–Crippen MR) is 140 cm³/mol. The number of fused-ring (bicyclic) bond motifs is 1. The minimum absolute atomic E-state index is 0.117. The summed E-state index contributed by atoms with van der Waals surface area (Å²) in [6, 6.07) is 19.4. The highest BCUT2D eigenvalue weighted by Crippen LogP contribution is 2.30. The highest BCUT2D eigenvalue weighted by molar-refractivity contribution is 7.90. The first-order valence-corrected chi connectivity index (χ1v) is 12.9. The molecule has 0 aliphatic rings. The zero-order chi connectivity index (χ0) is 25.9. The van der Waals surface area contributed by atoms with Gasteiger partial charge in [0.2, 0.25) is 11.8 Å². The number of anilines is 2. The van der Waals surface area contributed by atoms with Gasteiger partial charge in [-0.25, -0.2) is 8.42 Å². The second-order valence-electron chi connectivity index (χ2n) is 8.53. The Morgan fingerprint density at radius 2 is 1.69 bits per heavy atom. The Bertz CT molecular complexity index is 1540. The van der Waals surface area contributed by atoms with Crippen LogP contribution in [0.3, 0.4) is 0 Å². The average Bonchev–Trinajstić information content (AvgIpc) is 3.19. The van der Waals surface area contributed by atoms with Gasteiger partial charge in [-0.3, -0.25) is 9.59 Å². The van der Waals surface area contributed by atoms with Gasteiger partial charge in [-0.1, -0.05) is 48.0 Å². The molecule has 2 amide bonds. The number of aromatic nitrogens is 1. The summed E-state index contributed by atoms with van der Waals surface area (Å²) in [5.74, 6) is -0.330. The molecule has 3 aromatic carbocycles. The molecule has 0 fully saturated rings. The Morgan fingerprint density at radius 1 is 0.972 bits per heavy atom. The van der Waals surface area contributed by atoms with Gasteiger partial charge >= 0.3 is 0 Å². The van der Waals surface area contributed by atoms with E-state index in [0.717, 1.165) is 5.56 Å². The number of hydrogen-bond acceptors (Lipinski definition) is 5. The van der Waals surface area contributed by atoms with Crippen LogP contribution in [0.1, 0.15) is 18.1 Å². The first-order valence-electron chi connectivity index (χ1n) is 11.3. The lowest BCUT2D eigenvalue weighted by molar-refractivity contribution is -0.116. The van der Waals surface area contributed by atoms with Crippen LogP contribution in [-0.2, 0) is 31.7 Å². The standard InChI is InChI=1S/C27H27N3O5S/c1-18-8-10-20(11-9-18)17-36(33,34)26-15-30(24-7-5-4-6-22(24)26)16-27(32)29-23-14-21(28-19(2)31)12-13-25(23)35-3/h4-15H,16-17H2,1-3H3,(H,28,31)(H,29,32). The molecule has 8 nitrogen and oxygen atoms in total. The van der Waals surface area contributed by atoms with E-state index in [0.29, 0.717) is 33.6 Å². The van der Waals surface area contributed by atoms with Crippen LogP contribution in [0.2, 0.25) is 0 Å². The molecule has 0 bridgehead atoms. The first kappa shape index (κ1) is 25.0. The topological polar surface area (TPSA) is 106 Å². The van der Waals surface area contributed by atoms with Crippen LogP contribution >= 0.6 is 0 Å². The van der Waals surface area contributed by atoms with Gasteiger partial charge < -0.3 is 19.9 Å². The van der Waals surface area contributed by atoms with Crippen LogP contribution in [-0.4, -0.2) is 31.9 Å². The van der Waals surface area contributed by atoms with Gasteiger partial charge in [-0.2, -0.15) is 0 Å². The molecule has 4 rings (SSSR count). The van der Waals surface area contributed by atoms with Crippen molar-refractivity contribution in [1.29, 1.82) is 0 Å². The van der Waals surface area contributed by atoms with Gasteiger partial charge in [-0.05, 0) is 36.8 Å². The number of amides is 2. The lowest BCUT2D eigenvalue weighted by Crippen LogP contribution is -2.19. The minimum atomic E-state index is -3.67. The van der Waals surface area contributed by atoms with Gasteiger partial charge in [-0.15, -0.1) is 0 Å². The number of ether oxygens (including phenoxy) is 1. The highest BCUT2D eigenvalue weighted by Gasteiger charge is 2.22. The summed E-state index contributed by atoms with van der Waals surface area (Å²) < 4.78 is 33.6. The van der Waals surface area contributed by atoms with Crippen molar-refractivity contribution >= 4 is 43.9 Å². The van der Waals surface area contributed by atoms with E-state index < -0.39 is 9.84 Å². The summed E-state index contributed by atoms with van der Waals surface area (Å²) >= 11 is 0. The van der Waals surface area contributed by atoms with Crippen LogP contribution < -0.4 is 15.4 Å². The number of hydrogen-bond donors (Lipinski definition) is 2. The molecular weight excluding hydrogens is 478 g/mol. The Kier molecular flexibility index (Phi) is 7.12. The smallest absolute Gasteiger partial charge is 0.244 e. The van der Waals surface area contributed by atoms with Gasteiger partial charge in [0.05, 0.1) is 23.4 Å². The number of nitrogens with one attached hydrogen (secondary N) is 2. The molecular formula is C27H27N3O5S. The van der Waals surface area contributed by atoms with Crippen LogP contribution in [0.15, 0.2) is 77.8 Å².